The normalized spacial score (nSPS) is 10.6. The van der Waals surface area contributed by atoms with Crippen LogP contribution in [0, 0.1) is 0 Å². The van der Waals surface area contributed by atoms with Gasteiger partial charge in [-0.3, -0.25) is 0 Å². The fourth-order valence-electron chi connectivity index (χ4n) is 1.03. The Bertz CT molecular complexity index is 353. The van der Waals surface area contributed by atoms with E-state index in [0.29, 0.717) is 26.1 Å². The van der Waals surface area contributed by atoms with Crippen LogP contribution in [0.5, 0.6) is 0 Å². The Morgan fingerprint density at radius 2 is 2.30 bits per heavy atom. The first-order valence-electron chi connectivity index (χ1n) is 3.12. The maximum absolute atomic E-state index is 4.21. The van der Waals surface area contributed by atoms with Gasteiger partial charge in [0.1, 0.15) is 0 Å². The van der Waals surface area contributed by atoms with Crippen LogP contribution in [0.4, 0.5) is 0 Å². The minimum absolute atomic E-state index is 0.674. The van der Waals surface area contributed by atoms with Gasteiger partial charge in [-0.15, -0.1) is 0 Å². The Labute approximate surface area is 74.6 Å². The molecule has 0 atom stereocenters. The molecule has 1 aromatic carbocycles. The van der Waals surface area contributed by atoms with Crippen molar-refractivity contribution in [2.45, 2.75) is 0 Å². The van der Waals surface area contributed by atoms with Crippen molar-refractivity contribution in [3.63, 3.8) is 0 Å². The number of para-hydroxylation sites is 1. The summed E-state index contributed by atoms with van der Waals surface area (Å²) in [5.74, 6) is 0. The summed E-state index contributed by atoms with van der Waals surface area (Å²) < 4.78 is 1.42. The van der Waals surface area contributed by atoms with Gasteiger partial charge >= 0.3 is 74.7 Å². The van der Waals surface area contributed by atoms with E-state index in [4.69, 9.17) is 0 Å². The number of imidazole rings is 1. The molecular formula is C7H5HgN2. The van der Waals surface area contributed by atoms with E-state index in [-0.39, 0.29) is 0 Å². The summed E-state index contributed by atoms with van der Waals surface area (Å²) in [5.41, 5.74) is 2.32. The molecule has 0 amide bonds. The van der Waals surface area contributed by atoms with Crippen LogP contribution < -0.4 is 3.07 Å². The predicted molar refractivity (Wildman–Crippen MR) is 35.7 cm³/mol. The fourth-order valence-corrected chi connectivity index (χ4v) is 2.65. The molecular weight excluding hydrogens is 313 g/mol. The van der Waals surface area contributed by atoms with Gasteiger partial charge in [0.05, 0.1) is 0 Å². The number of hydrogen-bond donors (Lipinski definition) is 1. The number of hydrogen-bond acceptors (Lipinski definition) is 1. The Balaban J connectivity index is 2.95. The average Bonchev–Trinajstić information content (AvgIpc) is 2.36. The molecule has 2 nitrogen and oxygen atoms in total. The zero-order valence-electron chi connectivity index (χ0n) is 5.46. The van der Waals surface area contributed by atoms with Gasteiger partial charge in [-0.25, -0.2) is 0 Å². The summed E-state index contributed by atoms with van der Waals surface area (Å²) in [6, 6.07) is 6.27. The summed E-state index contributed by atoms with van der Waals surface area (Å²) >= 11 is 0.674. The Hall–Kier alpha value is -0.375. The number of aromatic amines is 1. The number of aromatic nitrogens is 2. The molecule has 0 fully saturated rings. The number of fused-ring (bicyclic) bond motifs is 1. The molecule has 2 rings (SSSR count). The van der Waals surface area contributed by atoms with Crippen LogP contribution in [0.25, 0.3) is 11.0 Å². The monoisotopic (exact) mass is 319 g/mol. The third-order valence-electron chi connectivity index (χ3n) is 1.53. The average molecular weight is 318 g/mol. The van der Waals surface area contributed by atoms with Gasteiger partial charge in [-0.05, 0) is 0 Å². The third-order valence-corrected chi connectivity index (χ3v) is 3.75. The molecule has 0 aliphatic heterocycles. The molecule has 3 heteroatoms. The molecule has 0 spiro atoms. The Morgan fingerprint density at radius 3 is 3.10 bits per heavy atom. The topological polar surface area (TPSA) is 28.7 Å². The number of benzene rings is 1. The van der Waals surface area contributed by atoms with Crippen molar-refractivity contribution < 1.29 is 26.1 Å². The van der Waals surface area contributed by atoms with Crippen LogP contribution in [0.2, 0.25) is 0 Å². The second kappa shape index (κ2) is 2.34. The van der Waals surface area contributed by atoms with E-state index in [1.807, 2.05) is 0 Å². The van der Waals surface area contributed by atoms with E-state index >= 15 is 0 Å². The summed E-state index contributed by atoms with van der Waals surface area (Å²) in [6.45, 7) is 0. The number of nitrogens with zero attached hydrogens (tertiary/aromatic N) is 1. The van der Waals surface area contributed by atoms with E-state index < -0.39 is 0 Å². The van der Waals surface area contributed by atoms with Crippen molar-refractivity contribution in [2.24, 2.45) is 0 Å². The first-order valence-corrected chi connectivity index (χ1v) is 5.87. The maximum atomic E-state index is 4.21. The van der Waals surface area contributed by atoms with E-state index in [2.05, 4.69) is 28.2 Å². The van der Waals surface area contributed by atoms with Gasteiger partial charge < -0.3 is 0 Å². The molecule has 10 heavy (non-hydrogen) atoms. The molecule has 45 valence electrons. The Morgan fingerprint density at radius 1 is 1.40 bits per heavy atom. The fraction of sp³-hybridized carbons (Fsp3) is 0. The Kier molecular flexibility index (Phi) is 1.49. The predicted octanol–water partition coefficient (Wildman–Crippen LogP) is 0.735. The summed E-state index contributed by atoms with van der Waals surface area (Å²) in [7, 11) is 0. The number of rotatable bonds is 0. The van der Waals surface area contributed by atoms with Gasteiger partial charge in [-0.2, -0.15) is 0 Å². The molecule has 0 aliphatic rings. The van der Waals surface area contributed by atoms with Crippen molar-refractivity contribution in [3.8, 4) is 0 Å². The van der Waals surface area contributed by atoms with Gasteiger partial charge in [-0.1, -0.05) is 0 Å². The molecule has 0 saturated heterocycles. The van der Waals surface area contributed by atoms with Gasteiger partial charge in [0.25, 0.3) is 0 Å². The SMILES string of the molecule is [Hg][c]1cccc2[nH]cnc12. The molecule has 0 radical (unpaired) electrons. The first kappa shape index (κ1) is 6.34. The molecule has 1 heterocycles. The molecule has 2 aromatic rings. The first-order chi connectivity index (χ1) is 4.88. The summed E-state index contributed by atoms with van der Waals surface area (Å²) in [5, 5.41) is 0. The standard InChI is InChI=1S/C7H5N2.Hg/c1-2-4-7-6(3-1)8-5-9-7;/h1-3,5H,(H,8,9);. The molecule has 0 bridgehead atoms. The van der Waals surface area contributed by atoms with Crippen LogP contribution in [0.1, 0.15) is 0 Å². The van der Waals surface area contributed by atoms with Gasteiger partial charge in [0.15, 0.2) is 0 Å². The zero-order chi connectivity index (χ0) is 6.97. The van der Waals surface area contributed by atoms with Crippen molar-refractivity contribution in [3.05, 3.63) is 24.5 Å². The molecule has 1 N–H and O–H groups in total. The molecule has 0 aliphatic carbocycles. The van der Waals surface area contributed by atoms with Crippen molar-refractivity contribution in [1.82, 2.24) is 9.97 Å². The second-order valence-electron chi connectivity index (χ2n) is 2.22. The van der Waals surface area contributed by atoms with Gasteiger partial charge in [0, 0.05) is 0 Å². The van der Waals surface area contributed by atoms with Crippen LogP contribution >= 0.6 is 0 Å². The quantitative estimate of drug-likeness (QED) is 0.713. The van der Waals surface area contributed by atoms with E-state index in [0.717, 1.165) is 11.0 Å². The van der Waals surface area contributed by atoms with Crippen LogP contribution in [0.3, 0.4) is 0 Å². The van der Waals surface area contributed by atoms with E-state index in [9.17, 15) is 0 Å². The molecule has 0 unspecified atom stereocenters. The molecule has 1 aromatic heterocycles. The molecule has 0 saturated carbocycles. The van der Waals surface area contributed by atoms with E-state index in [1.165, 1.54) is 3.07 Å². The minimum atomic E-state index is 0.674. The van der Waals surface area contributed by atoms with Crippen molar-refractivity contribution >= 4 is 14.1 Å². The van der Waals surface area contributed by atoms with Crippen LogP contribution in [0.15, 0.2) is 24.5 Å². The number of nitrogens with one attached hydrogen (secondary N) is 1. The van der Waals surface area contributed by atoms with Crippen LogP contribution in [-0.2, 0) is 26.1 Å². The van der Waals surface area contributed by atoms with Crippen molar-refractivity contribution in [1.29, 1.82) is 0 Å². The zero-order valence-corrected chi connectivity index (χ0v) is 11.0. The second-order valence-corrected chi connectivity index (χ2v) is 5.18. The van der Waals surface area contributed by atoms with Gasteiger partial charge in [0.2, 0.25) is 0 Å². The number of H-pyrrole nitrogens is 1. The van der Waals surface area contributed by atoms with Crippen LogP contribution in [-0.4, -0.2) is 9.97 Å². The van der Waals surface area contributed by atoms with E-state index in [1.54, 1.807) is 6.33 Å². The summed E-state index contributed by atoms with van der Waals surface area (Å²) in [6.07, 6.45) is 1.75. The summed E-state index contributed by atoms with van der Waals surface area (Å²) in [4.78, 5) is 7.29. The van der Waals surface area contributed by atoms with Crippen molar-refractivity contribution in [2.75, 3.05) is 0 Å². The third kappa shape index (κ3) is 0.869.